The van der Waals surface area contributed by atoms with Crippen LogP contribution >= 0.6 is 0 Å². The Morgan fingerprint density at radius 1 is 0.220 bits per heavy atom. The van der Waals surface area contributed by atoms with Crippen LogP contribution in [-0.2, 0) is 0 Å². The molecule has 0 bridgehead atoms. The zero-order chi connectivity index (χ0) is 39.8. The molecule has 0 heterocycles. The third-order valence-electron chi connectivity index (χ3n) is 10.5. The first-order valence-corrected chi connectivity index (χ1v) is 19.8. The second-order valence-corrected chi connectivity index (χ2v) is 14.2. The van der Waals surface area contributed by atoms with Crippen LogP contribution in [0.1, 0.15) is 10.4 Å². The SMILES string of the molecule is O=Cc1ccc(N(c2ccc(-c3ccc(N(c4ccccc4)c4ccccc4)cc3)cc2)c2ccc(-c3ccc(N(c4ccccc4)c4ccccc4)cc3)cc2)cc1. The Labute approximate surface area is 346 Å². The third kappa shape index (κ3) is 8.02. The van der Waals surface area contributed by atoms with Gasteiger partial charge in [-0.3, -0.25) is 4.79 Å². The molecule has 0 aliphatic carbocycles. The summed E-state index contributed by atoms with van der Waals surface area (Å²) in [6.45, 7) is 0. The molecule has 9 rings (SSSR count). The van der Waals surface area contributed by atoms with Crippen molar-refractivity contribution in [1.29, 1.82) is 0 Å². The largest absolute Gasteiger partial charge is 0.311 e. The Morgan fingerprint density at radius 2 is 0.407 bits per heavy atom. The van der Waals surface area contributed by atoms with Gasteiger partial charge in [-0.25, -0.2) is 0 Å². The normalized spacial score (nSPS) is 10.8. The predicted octanol–water partition coefficient (Wildman–Crippen LogP) is 15.2. The second-order valence-electron chi connectivity index (χ2n) is 14.2. The summed E-state index contributed by atoms with van der Waals surface area (Å²) in [6, 6.07) is 84.4. The molecule has 9 aromatic carbocycles. The topological polar surface area (TPSA) is 26.8 Å². The van der Waals surface area contributed by atoms with Gasteiger partial charge in [-0.05, 0) is 144 Å². The van der Waals surface area contributed by atoms with E-state index < -0.39 is 0 Å². The molecule has 9 aromatic rings. The maximum Gasteiger partial charge on any atom is 0.150 e. The van der Waals surface area contributed by atoms with Gasteiger partial charge in [0, 0.05) is 56.7 Å². The number of aldehydes is 1. The lowest BCUT2D eigenvalue weighted by Gasteiger charge is -2.26. The van der Waals surface area contributed by atoms with E-state index in [1.165, 1.54) is 0 Å². The zero-order valence-corrected chi connectivity index (χ0v) is 32.4. The fourth-order valence-corrected chi connectivity index (χ4v) is 7.56. The van der Waals surface area contributed by atoms with E-state index in [9.17, 15) is 4.79 Å². The number of hydrogen-bond donors (Lipinski definition) is 0. The van der Waals surface area contributed by atoms with Gasteiger partial charge in [0.1, 0.15) is 6.29 Å². The molecular formula is C55H41N3O. The van der Waals surface area contributed by atoms with Crippen molar-refractivity contribution in [3.8, 4) is 22.3 Å². The van der Waals surface area contributed by atoms with Crippen LogP contribution in [0.4, 0.5) is 51.2 Å². The van der Waals surface area contributed by atoms with Gasteiger partial charge in [-0.2, -0.15) is 0 Å². The minimum atomic E-state index is 0.641. The number of carbonyl (C=O) groups excluding carboxylic acids is 1. The van der Waals surface area contributed by atoms with Crippen molar-refractivity contribution in [2.45, 2.75) is 0 Å². The molecule has 0 aromatic heterocycles. The smallest absolute Gasteiger partial charge is 0.150 e. The summed E-state index contributed by atoms with van der Waals surface area (Å²) >= 11 is 0. The van der Waals surface area contributed by atoms with Crippen molar-refractivity contribution < 1.29 is 4.79 Å². The zero-order valence-electron chi connectivity index (χ0n) is 32.4. The van der Waals surface area contributed by atoms with E-state index in [-0.39, 0.29) is 0 Å². The van der Waals surface area contributed by atoms with Crippen LogP contribution in [0.15, 0.2) is 243 Å². The van der Waals surface area contributed by atoms with E-state index in [4.69, 9.17) is 0 Å². The molecule has 0 unspecified atom stereocenters. The van der Waals surface area contributed by atoms with Crippen LogP contribution in [-0.4, -0.2) is 6.29 Å². The quantitative estimate of drug-likeness (QED) is 0.116. The number of nitrogens with zero attached hydrogens (tertiary/aromatic N) is 3. The molecule has 0 saturated heterocycles. The highest BCUT2D eigenvalue weighted by atomic mass is 16.1. The Hall–Kier alpha value is -7.95. The number of anilines is 9. The highest BCUT2D eigenvalue weighted by Crippen LogP contribution is 2.40. The van der Waals surface area contributed by atoms with E-state index in [1.807, 2.05) is 48.5 Å². The molecule has 0 N–H and O–H groups in total. The van der Waals surface area contributed by atoms with Crippen LogP contribution in [0.5, 0.6) is 0 Å². The van der Waals surface area contributed by atoms with E-state index in [2.05, 4.69) is 209 Å². The minimum Gasteiger partial charge on any atom is -0.311 e. The molecule has 0 amide bonds. The first-order valence-electron chi connectivity index (χ1n) is 19.8. The van der Waals surface area contributed by atoms with Gasteiger partial charge in [-0.1, -0.05) is 121 Å². The summed E-state index contributed by atoms with van der Waals surface area (Å²) in [5, 5.41) is 0. The number of carbonyl (C=O) groups is 1. The lowest BCUT2D eigenvalue weighted by atomic mass is 10.0. The van der Waals surface area contributed by atoms with Crippen molar-refractivity contribution in [3.63, 3.8) is 0 Å². The minimum absolute atomic E-state index is 0.641. The number of rotatable bonds is 12. The van der Waals surface area contributed by atoms with Gasteiger partial charge in [0.2, 0.25) is 0 Å². The Balaban J connectivity index is 0.988. The molecule has 0 aliphatic rings. The van der Waals surface area contributed by atoms with Crippen LogP contribution in [0, 0.1) is 0 Å². The fraction of sp³-hybridized carbons (Fsp3) is 0. The van der Waals surface area contributed by atoms with Crippen molar-refractivity contribution in [2.24, 2.45) is 0 Å². The molecule has 0 aliphatic heterocycles. The van der Waals surface area contributed by atoms with E-state index in [0.29, 0.717) is 5.56 Å². The molecule has 282 valence electrons. The fourth-order valence-electron chi connectivity index (χ4n) is 7.56. The molecule has 0 fully saturated rings. The predicted molar refractivity (Wildman–Crippen MR) is 247 cm³/mol. The van der Waals surface area contributed by atoms with E-state index in [0.717, 1.165) is 79.7 Å². The van der Waals surface area contributed by atoms with Gasteiger partial charge in [-0.15, -0.1) is 0 Å². The maximum atomic E-state index is 11.6. The average Bonchev–Trinajstić information content (AvgIpc) is 3.32. The van der Waals surface area contributed by atoms with Crippen molar-refractivity contribution in [1.82, 2.24) is 0 Å². The molecule has 0 spiro atoms. The number of hydrogen-bond acceptors (Lipinski definition) is 4. The number of para-hydroxylation sites is 4. The maximum absolute atomic E-state index is 11.6. The Morgan fingerprint density at radius 3 is 0.610 bits per heavy atom. The molecule has 0 saturated carbocycles. The first kappa shape index (κ1) is 36.7. The van der Waals surface area contributed by atoms with Crippen LogP contribution in [0.25, 0.3) is 22.3 Å². The van der Waals surface area contributed by atoms with Crippen molar-refractivity contribution >= 4 is 57.5 Å². The van der Waals surface area contributed by atoms with Gasteiger partial charge in [0.15, 0.2) is 0 Å². The molecule has 0 radical (unpaired) electrons. The molecule has 4 heteroatoms. The summed E-state index contributed by atoms with van der Waals surface area (Å²) in [6.07, 6.45) is 0.881. The van der Waals surface area contributed by atoms with E-state index >= 15 is 0 Å². The summed E-state index contributed by atoms with van der Waals surface area (Å²) in [7, 11) is 0. The van der Waals surface area contributed by atoms with Gasteiger partial charge >= 0.3 is 0 Å². The van der Waals surface area contributed by atoms with Crippen LogP contribution in [0.3, 0.4) is 0 Å². The van der Waals surface area contributed by atoms with Gasteiger partial charge < -0.3 is 14.7 Å². The first-order chi connectivity index (χ1) is 29.2. The summed E-state index contributed by atoms with van der Waals surface area (Å²) < 4.78 is 0. The van der Waals surface area contributed by atoms with Crippen LogP contribution in [0.2, 0.25) is 0 Å². The van der Waals surface area contributed by atoms with Crippen LogP contribution < -0.4 is 14.7 Å². The van der Waals surface area contributed by atoms with E-state index in [1.54, 1.807) is 0 Å². The van der Waals surface area contributed by atoms with Gasteiger partial charge in [0.05, 0.1) is 0 Å². The lowest BCUT2D eigenvalue weighted by Crippen LogP contribution is -2.10. The third-order valence-corrected chi connectivity index (χ3v) is 10.5. The monoisotopic (exact) mass is 759 g/mol. The summed E-state index contributed by atoms with van der Waals surface area (Å²) in [5.41, 5.74) is 14.8. The molecule has 59 heavy (non-hydrogen) atoms. The Kier molecular flexibility index (Phi) is 10.6. The molecular weight excluding hydrogens is 719 g/mol. The highest BCUT2D eigenvalue weighted by molar-refractivity contribution is 5.84. The Bertz CT molecular complexity index is 2470. The lowest BCUT2D eigenvalue weighted by molar-refractivity contribution is 0.112. The summed E-state index contributed by atoms with van der Waals surface area (Å²) in [4.78, 5) is 18.3. The van der Waals surface area contributed by atoms with Crippen molar-refractivity contribution in [2.75, 3.05) is 14.7 Å². The van der Waals surface area contributed by atoms with Gasteiger partial charge in [0.25, 0.3) is 0 Å². The number of benzene rings is 9. The second kappa shape index (κ2) is 17.0. The molecule has 0 atom stereocenters. The average molecular weight is 760 g/mol. The summed E-state index contributed by atoms with van der Waals surface area (Å²) in [5.74, 6) is 0. The highest BCUT2D eigenvalue weighted by Gasteiger charge is 2.16. The van der Waals surface area contributed by atoms with Crippen molar-refractivity contribution in [3.05, 3.63) is 248 Å². The standard InChI is InChI=1S/C55H41N3O/c59-41-42-21-31-51(32-22-42)58(54-37-27-45(28-38-54)43-23-33-52(34-24-43)56(47-13-5-1-6-14-47)48-15-7-2-8-16-48)55-39-29-46(30-40-55)44-25-35-53(36-26-44)57(49-17-9-3-10-18-49)50-19-11-4-12-20-50/h1-41H. The molecule has 4 nitrogen and oxygen atoms in total.